The Balaban J connectivity index is 2.03. The van der Waals surface area contributed by atoms with E-state index in [-0.39, 0.29) is 30.2 Å². The standard InChI is InChI=1S/C19H18BrF3N2O3/c1-12(26)25-16(13-6-8-15(20)9-7-13)10-18(27)24-11-14-4-2-3-5-17(14)28-19(21,22)23/h2-9,16H,10-11H2,1H3,(H,24,27)(H,25,26). The van der Waals surface area contributed by atoms with Gasteiger partial charge < -0.3 is 15.4 Å². The molecule has 0 aliphatic carbocycles. The summed E-state index contributed by atoms with van der Waals surface area (Å²) in [5.74, 6) is -1.10. The van der Waals surface area contributed by atoms with E-state index < -0.39 is 18.3 Å². The van der Waals surface area contributed by atoms with Crippen LogP contribution in [0.5, 0.6) is 5.75 Å². The van der Waals surface area contributed by atoms with E-state index in [1.807, 2.05) is 0 Å². The molecule has 150 valence electrons. The number of hydrogen-bond donors (Lipinski definition) is 2. The normalized spacial score (nSPS) is 12.2. The molecule has 2 amide bonds. The van der Waals surface area contributed by atoms with Crippen molar-refractivity contribution in [3.63, 3.8) is 0 Å². The Bertz CT molecular complexity index is 826. The lowest BCUT2D eigenvalue weighted by atomic mass is 10.0. The molecule has 5 nitrogen and oxygen atoms in total. The van der Waals surface area contributed by atoms with E-state index in [1.54, 1.807) is 30.3 Å². The third kappa shape index (κ3) is 7.22. The predicted octanol–water partition coefficient (Wildman–Crippen LogP) is 4.23. The zero-order chi connectivity index (χ0) is 20.7. The van der Waals surface area contributed by atoms with Gasteiger partial charge in [0.05, 0.1) is 12.5 Å². The zero-order valence-corrected chi connectivity index (χ0v) is 16.4. The van der Waals surface area contributed by atoms with Gasteiger partial charge in [-0.25, -0.2) is 0 Å². The third-order valence-electron chi connectivity index (χ3n) is 3.71. The molecule has 2 aromatic rings. The van der Waals surface area contributed by atoms with Crippen molar-refractivity contribution in [2.75, 3.05) is 0 Å². The van der Waals surface area contributed by atoms with Crippen LogP contribution in [0.2, 0.25) is 0 Å². The molecule has 2 N–H and O–H groups in total. The van der Waals surface area contributed by atoms with E-state index in [0.29, 0.717) is 0 Å². The Labute approximate surface area is 168 Å². The van der Waals surface area contributed by atoms with Crippen LogP contribution in [0.1, 0.15) is 30.5 Å². The Morgan fingerprint density at radius 1 is 1.11 bits per heavy atom. The molecular weight excluding hydrogens is 441 g/mol. The van der Waals surface area contributed by atoms with Crippen LogP contribution in [-0.2, 0) is 16.1 Å². The topological polar surface area (TPSA) is 67.4 Å². The lowest BCUT2D eigenvalue weighted by molar-refractivity contribution is -0.274. The summed E-state index contributed by atoms with van der Waals surface area (Å²) < 4.78 is 42.2. The Hall–Kier alpha value is -2.55. The third-order valence-corrected chi connectivity index (χ3v) is 4.24. The second kappa shape index (κ2) is 9.59. The van der Waals surface area contributed by atoms with Gasteiger partial charge in [0.2, 0.25) is 11.8 Å². The molecule has 0 aliphatic heterocycles. The van der Waals surface area contributed by atoms with Crippen molar-refractivity contribution >= 4 is 27.7 Å². The highest BCUT2D eigenvalue weighted by molar-refractivity contribution is 9.10. The first-order valence-electron chi connectivity index (χ1n) is 8.27. The highest BCUT2D eigenvalue weighted by atomic mass is 79.9. The summed E-state index contributed by atoms with van der Waals surface area (Å²) in [6.45, 7) is 1.20. The Morgan fingerprint density at radius 3 is 2.36 bits per heavy atom. The van der Waals surface area contributed by atoms with Crippen molar-refractivity contribution in [3.05, 3.63) is 64.1 Å². The van der Waals surface area contributed by atoms with Crippen LogP contribution >= 0.6 is 15.9 Å². The zero-order valence-electron chi connectivity index (χ0n) is 14.8. The van der Waals surface area contributed by atoms with E-state index in [2.05, 4.69) is 31.3 Å². The van der Waals surface area contributed by atoms with Crippen molar-refractivity contribution in [3.8, 4) is 5.75 Å². The summed E-state index contributed by atoms with van der Waals surface area (Å²) in [6, 6.07) is 12.1. The van der Waals surface area contributed by atoms with Crippen LogP contribution in [0.25, 0.3) is 0 Å². The van der Waals surface area contributed by atoms with Crippen molar-refractivity contribution in [2.24, 2.45) is 0 Å². The summed E-state index contributed by atoms with van der Waals surface area (Å²) in [4.78, 5) is 23.8. The molecule has 0 aliphatic rings. The number of rotatable bonds is 7. The highest BCUT2D eigenvalue weighted by Gasteiger charge is 2.32. The van der Waals surface area contributed by atoms with Crippen LogP contribution in [0.3, 0.4) is 0 Å². The molecule has 0 heterocycles. The van der Waals surface area contributed by atoms with Gasteiger partial charge in [-0.15, -0.1) is 13.2 Å². The number of amides is 2. The molecule has 9 heteroatoms. The first-order valence-corrected chi connectivity index (χ1v) is 9.06. The van der Waals surface area contributed by atoms with Gasteiger partial charge in [0.25, 0.3) is 0 Å². The molecule has 28 heavy (non-hydrogen) atoms. The molecule has 0 saturated carbocycles. The van der Waals surface area contributed by atoms with Crippen LogP contribution in [-0.4, -0.2) is 18.2 Å². The quantitative estimate of drug-likeness (QED) is 0.652. The molecule has 0 radical (unpaired) electrons. The number of nitrogens with one attached hydrogen (secondary N) is 2. The Kier molecular flexibility index (Phi) is 7.45. The molecule has 0 fully saturated rings. The molecule has 0 aromatic heterocycles. The fourth-order valence-corrected chi connectivity index (χ4v) is 2.78. The van der Waals surface area contributed by atoms with Crippen molar-refractivity contribution in [2.45, 2.75) is 32.3 Å². The maximum Gasteiger partial charge on any atom is 0.573 e. The highest BCUT2D eigenvalue weighted by Crippen LogP contribution is 2.26. The monoisotopic (exact) mass is 458 g/mol. The number of ether oxygens (including phenoxy) is 1. The summed E-state index contributed by atoms with van der Waals surface area (Å²) in [5.41, 5.74) is 0.919. The number of alkyl halides is 3. The van der Waals surface area contributed by atoms with E-state index in [4.69, 9.17) is 0 Å². The largest absolute Gasteiger partial charge is 0.573 e. The lowest BCUT2D eigenvalue weighted by Crippen LogP contribution is -2.32. The summed E-state index contributed by atoms with van der Waals surface area (Å²) in [5, 5.41) is 5.26. The number of halogens is 4. The van der Waals surface area contributed by atoms with Gasteiger partial charge in [0, 0.05) is 23.5 Å². The SMILES string of the molecule is CC(=O)NC(CC(=O)NCc1ccccc1OC(F)(F)F)c1ccc(Br)cc1. The van der Waals surface area contributed by atoms with Gasteiger partial charge in [-0.05, 0) is 23.8 Å². The number of benzene rings is 2. The molecule has 1 atom stereocenters. The second-order valence-corrected chi connectivity index (χ2v) is 6.86. The average Bonchev–Trinajstić information content (AvgIpc) is 2.59. The maximum absolute atomic E-state index is 12.5. The Morgan fingerprint density at radius 2 is 1.75 bits per heavy atom. The minimum Gasteiger partial charge on any atom is -0.405 e. The number of carbonyl (C=O) groups excluding carboxylic acids is 2. The lowest BCUT2D eigenvalue weighted by Gasteiger charge is -2.19. The van der Waals surface area contributed by atoms with Gasteiger partial charge in [0.1, 0.15) is 5.75 Å². The predicted molar refractivity (Wildman–Crippen MR) is 100 cm³/mol. The fourth-order valence-electron chi connectivity index (χ4n) is 2.52. The second-order valence-electron chi connectivity index (χ2n) is 5.94. The number of hydrogen-bond acceptors (Lipinski definition) is 3. The van der Waals surface area contributed by atoms with Crippen LogP contribution in [0.15, 0.2) is 53.0 Å². The number of para-hydroxylation sites is 1. The van der Waals surface area contributed by atoms with Crippen LogP contribution in [0.4, 0.5) is 13.2 Å². The van der Waals surface area contributed by atoms with Gasteiger partial charge in [0.15, 0.2) is 0 Å². The fraction of sp³-hybridized carbons (Fsp3) is 0.263. The minimum atomic E-state index is -4.82. The van der Waals surface area contributed by atoms with Crippen LogP contribution < -0.4 is 15.4 Å². The van der Waals surface area contributed by atoms with Crippen LogP contribution in [0, 0.1) is 0 Å². The summed E-state index contributed by atoms with van der Waals surface area (Å²) in [6.07, 6.45) is -4.89. The van der Waals surface area contributed by atoms with Crippen molar-refractivity contribution < 1.29 is 27.5 Å². The first kappa shape index (κ1) is 21.7. The number of carbonyl (C=O) groups is 2. The van der Waals surface area contributed by atoms with Crippen molar-refractivity contribution in [1.82, 2.24) is 10.6 Å². The molecule has 2 rings (SSSR count). The maximum atomic E-state index is 12.5. The molecule has 0 saturated heterocycles. The smallest absolute Gasteiger partial charge is 0.405 e. The summed E-state index contributed by atoms with van der Waals surface area (Å²) >= 11 is 3.32. The average molecular weight is 459 g/mol. The molecule has 0 spiro atoms. The molecule has 2 aromatic carbocycles. The summed E-state index contributed by atoms with van der Waals surface area (Å²) in [7, 11) is 0. The van der Waals surface area contributed by atoms with Gasteiger partial charge >= 0.3 is 6.36 Å². The van der Waals surface area contributed by atoms with Crippen molar-refractivity contribution in [1.29, 1.82) is 0 Å². The minimum absolute atomic E-state index is 0.0660. The molecule has 1 unspecified atom stereocenters. The van der Waals surface area contributed by atoms with E-state index in [9.17, 15) is 22.8 Å². The van der Waals surface area contributed by atoms with E-state index >= 15 is 0 Å². The first-order chi connectivity index (χ1) is 13.1. The van der Waals surface area contributed by atoms with Gasteiger partial charge in [-0.3, -0.25) is 9.59 Å². The van der Waals surface area contributed by atoms with Gasteiger partial charge in [-0.2, -0.15) is 0 Å². The molecule has 0 bridgehead atoms. The van der Waals surface area contributed by atoms with E-state index in [1.165, 1.54) is 25.1 Å². The van der Waals surface area contributed by atoms with Gasteiger partial charge in [-0.1, -0.05) is 46.3 Å². The van der Waals surface area contributed by atoms with E-state index in [0.717, 1.165) is 10.0 Å². The molecular formula is C19H18BrF3N2O3.